The summed E-state index contributed by atoms with van der Waals surface area (Å²) in [5, 5.41) is 0. The lowest BCUT2D eigenvalue weighted by Gasteiger charge is -2.31. The van der Waals surface area contributed by atoms with Crippen LogP contribution in [0.2, 0.25) is 0 Å². The van der Waals surface area contributed by atoms with Crippen LogP contribution >= 0.6 is 0 Å². The first-order valence-corrected chi connectivity index (χ1v) is 6.85. The Hall–Kier alpha value is -0.590. The molecule has 0 N–H and O–H groups in total. The molecule has 0 spiro atoms. The van der Waals surface area contributed by atoms with Gasteiger partial charge in [0.2, 0.25) is 0 Å². The minimum Gasteiger partial charge on any atom is -0.298 e. The van der Waals surface area contributed by atoms with Gasteiger partial charge in [-0.2, -0.15) is 0 Å². The first kappa shape index (κ1) is 13.5. The third-order valence-corrected chi connectivity index (χ3v) is 4.13. The van der Waals surface area contributed by atoms with Crippen molar-refractivity contribution < 1.29 is 4.79 Å². The van der Waals surface area contributed by atoms with Gasteiger partial charge in [0.15, 0.2) is 0 Å². The van der Waals surface area contributed by atoms with Crippen LogP contribution in [0.15, 0.2) is 11.1 Å². The molecule has 0 aromatic rings. The topological polar surface area (TPSA) is 17.1 Å². The van der Waals surface area contributed by atoms with E-state index in [4.69, 9.17) is 0 Å². The highest BCUT2D eigenvalue weighted by molar-refractivity contribution is 5.74. The van der Waals surface area contributed by atoms with Gasteiger partial charge in [-0.3, -0.25) is 4.79 Å². The van der Waals surface area contributed by atoms with E-state index in [1.54, 1.807) is 0 Å². The van der Waals surface area contributed by atoms with Crippen molar-refractivity contribution in [1.82, 2.24) is 0 Å². The maximum absolute atomic E-state index is 10.9. The first-order chi connectivity index (χ1) is 7.70. The van der Waals surface area contributed by atoms with Crippen LogP contribution in [0.3, 0.4) is 0 Å². The third kappa shape index (κ3) is 3.47. The molecule has 2 atom stereocenters. The van der Waals surface area contributed by atoms with Crippen LogP contribution in [0.25, 0.3) is 0 Å². The van der Waals surface area contributed by atoms with E-state index < -0.39 is 0 Å². The standard InChI is InChI=1S/C15H26O/c1-4-5-6-7-8-15-12(2)9-10-14(11-16)13(15)3/h11-12,15H,4-10H2,1-3H3. The van der Waals surface area contributed by atoms with Crippen molar-refractivity contribution in [3.8, 4) is 0 Å². The zero-order chi connectivity index (χ0) is 12.0. The Bertz CT molecular complexity index is 252. The minimum atomic E-state index is 0.672. The number of hydrogen-bond donors (Lipinski definition) is 0. The molecule has 92 valence electrons. The fourth-order valence-electron chi connectivity index (χ4n) is 2.89. The van der Waals surface area contributed by atoms with Crippen molar-refractivity contribution >= 4 is 6.29 Å². The predicted octanol–water partition coefficient (Wildman–Crippen LogP) is 4.52. The molecule has 1 rings (SSSR count). The van der Waals surface area contributed by atoms with Crippen LogP contribution in [0.5, 0.6) is 0 Å². The van der Waals surface area contributed by atoms with Gasteiger partial charge in [-0.05, 0) is 43.6 Å². The van der Waals surface area contributed by atoms with Crippen LogP contribution in [0.1, 0.15) is 65.7 Å². The molecule has 1 heteroatoms. The van der Waals surface area contributed by atoms with Crippen LogP contribution in [0.4, 0.5) is 0 Å². The van der Waals surface area contributed by atoms with Gasteiger partial charge in [0.1, 0.15) is 6.29 Å². The number of aldehydes is 1. The molecule has 0 saturated carbocycles. The van der Waals surface area contributed by atoms with E-state index in [1.807, 2.05) is 0 Å². The number of allylic oxidation sites excluding steroid dienone is 2. The summed E-state index contributed by atoms with van der Waals surface area (Å²) in [6.45, 7) is 6.76. The van der Waals surface area contributed by atoms with Crippen LogP contribution in [0, 0.1) is 11.8 Å². The SMILES string of the molecule is CCCCCCC1C(C)=C(C=O)CCC1C. The maximum atomic E-state index is 10.9. The van der Waals surface area contributed by atoms with Gasteiger partial charge < -0.3 is 0 Å². The zero-order valence-corrected chi connectivity index (χ0v) is 11.1. The van der Waals surface area contributed by atoms with E-state index >= 15 is 0 Å². The summed E-state index contributed by atoms with van der Waals surface area (Å²) in [6, 6.07) is 0. The smallest absolute Gasteiger partial charge is 0.145 e. The number of rotatable bonds is 6. The molecule has 0 amide bonds. The number of carbonyl (C=O) groups is 1. The third-order valence-electron chi connectivity index (χ3n) is 4.13. The van der Waals surface area contributed by atoms with E-state index in [1.165, 1.54) is 44.1 Å². The summed E-state index contributed by atoms with van der Waals surface area (Å²) in [6.07, 6.45) is 9.89. The molecule has 1 aliphatic rings. The van der Waals surface area contributed by atoms with Crippen molar-refractivity contribution in [3.05, 3.63) is 11.1 Å². The second kappa shape index (κ2) is 6.88. The second-order valence-corrected chi connectivity index (χ2v) is 5.30. The van der Waals surface area contributed by atoms with Gasteiger partial charge in [0.05, 0.1) is 0 Å². The summed E-state index contributed by atoms with van der Waals surface area (Å²) < 4.78 is 0. The van der Waals surface area contributed by atoms with Crippen molar-refractivity contribution in [2.75, 3.05) is 0 Å². The monoisotopic (exact) mass is 222 g/mol. The molecule has 1 nitrogen and oxygen atoms in total. The molecule has 0 aliphatic heterocycles. The van der Waals surface area contributed by atoms with Crippen LogP contribution < -0.4 is 0 Å². The predicted molar refractivity (Wildman–Crippen MR) is 69.4 cm³/mol. The minimum absolute atomic E-state index is 0.672. The quantitative estimate of drug-likeness (QED) is 0.477. The van der Waals surface area contributed by atoms with Crippen LogP contribution in [-0.4, -0.2) is 6.29 Å². The summed E-state index contributed by atoms with van der Waals surface area (Å²) in [5.74, 6) is 1.44. The lowest BCUT2D eigenvalue weighted by Crippen LogP contribution is -2.20. The molecule has 0 bridgehead atoms. The molecule has 0 saturated heterocycles. The lowest BCUT2D eigenvalue weighted by molar-refractivity contribution is -0.105. The fraction of sp³-hybridized carbons (Fsp3) is 0.800. The van der Waals surface area contributed by atoms with E-state index in [2.05, 4.69) is 20.8 Å². The maximum Gasteiger partial charge on any atom is 0.145 e. The Kier molecular flexibility index (Phi) is 5.79. The Morgan fingerprint density at radius 2 is 2.06 bits per heavy atom. The van der Waals surface area contributed by atoms with Gasteiger partial charge in [-0.1, -0.05) is 45.1 Å². The average Bonchev–Trinajstić information content (AvgIpc) is 2.28. The molecule has 0 radical (unpaired) electrons. The largest absolute Gasteiger partial charge is 0.298 e. The van der Waals surface area contributed by atoms with Gasteiger partial charge in [-0.15, -0.1) is 0 Å². The molecule has 1 aliphatic carbocycles. The van der Waals surface area contributed by atoms with Crippen molar-refractivity contribution in [2.45, 2.75) is 65.7 Å². The summed E-state index contributed by atoms with van der Waals surface area (Å²) in [4.78, 5) is 10.9. The summed E-state index contributed by atoms with van der Waals surface area (Å²) in [5.41, 5.74) is 2.46. The van der Waals surface area contributed by atoms with Crippen molar-refractivity contribution in [1.29, 1.82) is 0 Å². The van der Waals surface area contributed by atoms with E-state index in [9.17, 15) is 4.79 Å². The first-order valence-electron chi connectivity index (χ1n) is 6.85. The molecular formula is C15H26O. The summed E-state index contributed by atoms with van der Waals surface area (Å²) >= 11 is 0. The molecule has 0 heterocycles. The number of unbranched alkanes of at least 4 members (excludes halogenated alkanes) is 3. The molecule has 16 heavy (non-hydrogen) atoms. The molecule has 0 fully saturated rings. The molecule has 2 unspecified atom stereocenters. The Morgan fingerprint density at radius 3 is 2.69 bits per heavy atom. The highest BCUT2D eigenvalue weighted by atomic mass is 16.1. The Morgan fingerprint density at radius 1 is 1.31 bits per heavy atom. The fourth-order valence-corrected chi connectivity index (χ4v) is 2.89. The Balaban J connectivity index is 2.51. The van der Waals surface area contributed by atoms with Gasteiger partial charge in [-0.25, -0.2) is 0 Å². The van der Waals surface area contributed by atoms with Crippen molar-refractivity contribution in [2.24, 2.45) is 11.8 Å². The number of hydrogen-bond acceptors (Lipinski definition) is 1. The number of carbonyl (C=O) groups excluding carboxylic acids is 1. The van der Waals surface area contributed by atoms with Gasteiger partial charge in [0.25, 0.3) is 0 Å². The second-order valence-electron chi connectivity index (χ2n) is 5.30. The molecular weight excluding hydrogens is 196 g/mol. The van der Waals surface area contributed by atoms with E-state index in [0.717, 1.165) is 24.2 Å². The van der Waals surface area contributed by atoms with Crippen molar-refractivity contribution in [3.63, 3.8) is 0 Å². The Labute approximate surface area is 100 Å². The van der Waals surface area contributed by atoms with Gasteiger partial charge in [0, 0.05) is 0 Å². The normalized spacial score (nSPS) is 25.9. The van der Waals surface area contributed by atoms with Gasteiger partial charge >= 0.3 is 0 Å². The average molecular weight is 222 g/mol. The molecule has 0 aromatic heterocycles. The lowest BCUT2D eigenvalue weighted by atomic mass is 9.74. The van der Waals surface area contributed by atoms with E-state index in [-0.39, 0.29) is 0 Å². The highest BCUT2D eigenvalue weighted by Gasteiger charge is 2.25. The zero-order valence-electron chi connectivity index (χ0n) is 11.1. The van der Waals surface area contributed by atoms with E-state index in [0.29, 0.717) is 5.92 Å². The highest BCUT2D eigenvalue weighted by Crippen LogP contribution is 2.36. The molecule has 0 aromatic carbocycles. The summed E-state index contributed by atoms with van der Waals surface area (Å²) in [7, 11) is 0. The van der Waals surface area contributed by atoms with Crippen LogP contribution in [-0.2, 0) is 4.79 Å².